The highest BCUT2D eigenvalue weighted by Crippen LogP contribution is 2.31. The monoisotopic (exact) mass is 479 g/mol. The zero-order valence-corrected chi connectivity index (χ0v) is 19.3. The number of benzene rings is 2. The molecule has 2 heterocycles. The van der Waals surface area contributed by atoms with Crippen LogP contribution in [-0.2, 0) is 14.8 Å². The fraction of sp³-hybridized carbons (Fsp3) is 0.364. The number of rotatable bonds is 5. The maximum absolute atomic E-state index is 14.0. The minimum Gasteiger partial charge on any atom is -0.302 e. The average molecular weight is 480 g/mol. The summed E-state index contributed by atoms with van der Waals surface area (Å²) >= 11 is 1.40. The first-order valence-corrected chi connectivity index (χ1v) is 12.6. The van der Waals surface area contributed by atoms with Gasteiger partial charge in [-0.3, -0.25) is 4.79 Å². The number of nitrogens with zero attached hydrogens (tertiary/aromatic N) is 2. The molecule has 6 nitrogen and oxygen atoms in total. The Morgan fingerprint density at radius 2 is 1.88 bits per heavy atom. The number of sulfonamides is 1. The molecule has 0 atom stereocenters. The molecule has 10 heteroatoms. The molecule has 1 amide bonds. The molecule has 0 saturated carbocycles. The fourth-order valence-corrected chi connectivity index (χ4v) is 6.18. The Kier molecular flexibility index (Phi) is 6.28. The van der Waals surface area contributed by atoms with Crippen LogP contribution in [0.2, 0.25) is 0 Å². The Morgan fingerprint density at radius 1 is 1.16 bits per heavy atom. The van der Waals surface area contributed by atoms with Crippen molar-refractivity contribution in [3.63, 3.8) is 0 Å². The average Bonchev–Trinajstić information content (AvgIpc) is 3.14. The molecule has 1 aliphatic rings. The molecule has 0 aliphatic carbocycles. The first-order chi connectivity index (χ1) is 15.1. The summed E-state index contributed by atoms with van der Waals surface area (Å²) in [7, 11) is -4.10. The van der Waals surface area contributed by atoms with E-state index in [1.165, 1.54) is 16.9 Å². The summed E-state index contributed by atoms with van der Waals surface area (Å²) in [6.07, 6.45) is 0.604. The molecule has 1 aromatic heterocycles. The van der Waals surface area contributed by atoms with E-state index < -0.39 is 26.6 Å². The number of hydrogen-bond donors (Lipinski definition) is 1. The third-order valence-corrected chi connectivity index (χ3v) is 8.51. The van der Waals surface area contributed by atoms with E-state index in [9.17, 15) is 22.0 Å². The zero-order chi connectivity index (χ0) is 23.0. The summed E-state index contributed by atoms with van der Waals surface area (Å²) in [6.45, 7) is 4.38. The summed E-state index contributed by atoms with van der Waals surface area (Å²) in [4.78, 5) is 16.6. The van der Waals surface area contributed by atoms with Gasteiger partial charge in [0.15, 0.2) is 5.13 Å². The molecule has 1 aliphatic heterocycles. The van der Waals surface area contributed by atoms with E-state index in [4.69, 9.17) is 0 Å². The van der Waals surface area contributed by atoms with Gasteiger partial charge in [0, 0.05) is 25.1 Å². The van der Waals surface area contributed by atoms with E-state index in [0.717, 1.165) is 26.7 Å². The van der Waals surface area contributed by atoms with Crippen LogP contribution < -0.4 is 5.32 Å². The minimum atomic E-state index is -4.10. The number of piperidine rings is 1. The Labute approximate surface area is 189 Å². The molecule has 32 heavy (non-hydrogen) atoms. The molecular formula is C22H23F2N3O3S2. The predicted octanol–water partition coefficient (Wildman–Crippen LogP) is 4.74. The fourth-order valence-electron chi connectivity index (χ4n) is 3.74. The maximum atomic E-state index is 14.0. The van der Waals surface area contributed by atoms with Crippen LogP contribution in [0, 0.1) is 17.6 Å². The second-order valence-corrected chi connectivity index (χ2v) is 11.1. The molecule has 0 unspecified atom stereocenters. The summed E-state index contributed by atoms with van der Waals surface area (Å²) in [5.74, 6) is -2.16. The second-order valence-electron chi connectivity index (χ2n) is 8.14. The van der Waals surface area contributed by atoms with Crippen molar-refractivity contribution in [3.8, 4) is 0 Å². The standard InChI is InChI=1S/C22H23F2N3O3S2/c1-13(2)15-3-5-18-19(11-15)31-22(25-18)26-21(28)14-7-9-27(10-8-14)32(29,30)20-6-4-16(23)12-17(20)24/h3-6,11-14H,7-10H2,1-2H3,(H,25,26,28). The number of anilines is 1. The highest BCUT2D eigenvalue weighted by atomic mass is 32.2. The van der Waals surface area contributed by atoms with Gasteiger partial charge in [-0.1, -0.05) is 31.3 Å². The van der Waals surface area contributed by atoms with Gasteiger partial charge in [0.1, 0.15) is 16.5 Å². The number of thiazole rings is 1. The summed E-state index contributed by atoms with van der Waals surface area (Å²) in [6, 6.07) is 8.43. The van der Waals surface area contributed by atoms with Crippen molar-refractivity contribution in [2.75, 3.05) is 18.4 Å². The van der Waals surface area contributed by atoms with Gasteiger partial charge in [-0.2, -0.15) is 4.31 Å². The van der Waals surface area contributed by atoms with Crippen LogP contribution in [0.3, 0.4) is 0 Å². The summed E-state index contributed by atoms with van der Waals surface area (Å²) in [5.41, 5.74) is 2.02. The third-order valence-electron chi connectivity index (χ3n) is 5.65. The van der Waals surface area contributed by atoms with E-state index in [2.05, 4.69) is 30.2 Å². The number of fused-ring (bicyclic) bond motifs is 1. The lowest BCUT2D eigenvalue weighted by Crippen LogP contribution is -2.41. The Hall–Kier alpha value is -2.43. The number of carbonyl (C=O) groups excluding carboxylic acids is 1. The second kappa shape index (κ2) is 8.84. The number of carbonyl (C=O) groups is 1. The molecule has 170 valence electrons. The van der Waals surface area contributed by atoms with Crippen molar-refractivity contribution in [1.82, 2.24) is 9.29 Å². The van der Waals surface area contributed by atoms with Gasteiger partial charge < -0.3 is 5.32 Å². The van der Waals surface area contributed by atoms with Gasteiger partial charge in [-0.25, -0.2) is 22.2 Å². The summed E-state index contributed by atoms with van der Waals surface area (Å²) < 4.78 is 54.7. The topological polar surface area (TPSA) is 79.4 Å². The molecule has 1 fully saturated rings. The van der Waals surface area contributed by atoms with Gasteiger partial charge in [0.2, 0.25) is 15.9 Å². The summed E-state index contributed by atoms with van der Waals surface area (Å²) in [5, 5.41) is 3.36. The molecule has 1 saturated heterocycles. The van der Waals surface area contributed by atoms with Crippen molar-refractivity contribution in [3.05, 3.63) is 53.6 Å². The van der Waals surface area contributed by atoms with Gasteiger partial charge in [-0.05, 0) is 48.6 Å². The highest BCUT2D eigenvalue weighted by Gasteiger charge is 2.34. The molecule has 4 rings (SSSR count). The van der Waals surface area contributed by atoms with Crippen molar-refractivity contribution in [2.24, 2.45) is 5.92 Å². The van der Waals surface area contributed by atoms with Crippen LogP contribution in [0.15, 0.2) is 41.3 Å². The van der Waals surface area contributed by atoms with Crippen LogP contribution in [0.25, 0.3) is 10.2 Å². The molecule has 0 radical (unpaired) electrons. The molecule has 3 aromatic rings. The first-order valence-electron chi connectivity index (χ1n) is 10.3. The number of nitrogens with one attached hydrogen (secondary N) is 1. The largest absolute Gasteiger partial charge is 0.302 e. The molecule has 1 N–H and O–H groups in total. The molecule has 2 aromatic carbocycles. The first kappa shape index (κ1) is 22.8. The van der Waals surface area contributed by atoms with E-state index in [1.807, 2.05) is 12.1 Å². The van der Waals surface area contributed by atoms with Gasteiger partial charge in [0.25, 0.3) is 0 Å². The minimum absolute atomic E-state index is 0.0782. The van der Waals surface area contributed by atoms with Crippen LogP contribution >= 0.6 is 11.3 Å². The van der Waals surface area contributed by atoms with Gasteiger partial charge >= 0.3 is 0 Å². The maximum Gasteiger partial charge on any atom is 0.245 e. The van der Waals surface area contributed by atoms with E-state index in [-0.39, 0.29) is 24.9 Å². The van der Waals surface area contributed by atoms with Gasteiger partial charge in [-0.15, -0.1) is 0 Å². The quantitative estimate of drug-likeness (QED) is 0.573. The van der Waals surface area contributed by atoms with Crippen LogP contribution in [0.1, 0.15) is 38.2 Å². The van der Waals surface area contributed by atoms with Gasteiger partial charge in [0.05, 0.1) is 10.2 Å². The van der Waals surface area contributed by atoms with Crippen LogP contribution in [0.4, 0.5) is 13.9 Å². The third kappa shape index (κ3) is 4.53. The Bertz CT molecular complexity index is 1270. The molecule has 0 spiro atoms. The lowest BCUT2D eigenvalue weighted by Gasteiger charge is -2.30. The van der Waals surface area contributed by atoms with Crippen molar-refractivity contribution >= 4 is 42.6 Å². The number of hydrogen-bond acceptors (Lipinski definition) is 5. The highest BCUT2D eigenvalue weighted by molar-refractivity contribution is 7.89. The van der Waals surface area contributed by atoms with E-state index in [0.29, 0.717) is 30.0 Å². The Balaban J connectivity index is 1.41. The van der Waals surface area contributed by atoms with Crippen LogP contribution in [-0.4, -0.2) is 36.7 Å². The van der Waals surface area contributed by atoms with Crippen molar-refractivity contribution < 1.29 is 22.0 Å². The SMILES string of the molecule is CC(C)c1ccc2nc(NC(=O)C3CCN(S(=O)(=O)c4ccc(F)cc4F)CC3)sc2c1. The Morgan fingerprint density at radius 3 is 2.53 bits per heavy atom. The smallest absolute Gasteiger partial charge is 0.245 e. The van der Waals surface area contributed by atoms with Crippen molar-refractivity contribution in [1.29, 1.82) is 0 Å². The normalized spacial score (nSPS) is 16.0. The predicted molar refractivity (Wildman–Crippen MR) is 120 cm³/mol. The number of aromatic nitrogens is 1. The molecular weight excluding hydrogens is 456 g/mol. The van der Waals surface area contributed by atoms with E-state index >= 15 is 0 Å². The van der Waals surface area contributed by atoms with E-state index in [1.54, 1.807) is 0 Å². The zero-order valence-electron chi connectivity index (χ0n) is 17.6. The number of halogens is 2. The lowest BCUT2D eigenvalue weighted by atomic mass is 9.97. The lowest BCUT2D eigenvalue weighted by molar-refractivity contribution is -0.120. The molecule has 0 bridgehead atoms. The van der Waals surface area contributed by atoms with Crippen LogP contribution in [0.5, 0.6) is 0 Å². The van der Waals surface area contributed by atoms with Crippen molar-refractivity contribution in [2.45, 2.75) is 37.5 Å². The number of amides is 1.